The van der Waals surface area contributed by atoms with E-state index in [9.17, 15) is 9.59 Å². The largest absolute Gasteiger partial charge is 0.493 e. The van der Waals surface area contributed by atoms with Gasteiger partial charge in [-0.25, -0.2) is 9.59 Å². The fourth-order valence-electron chi connectivity index (χ4n) is 2.29. The summed E-state index contributed by atoms with van der Waals surface area (Å²) in [5.41, 5.74) is 1.37. The van der Waals surface area contributed by atoms with Crippen LogP contribution < -0.4 is 9.47 Å². The molecule has 8 heteroatoms. The summed E-state index contributed by atoms with van der Waals surface area (Å²) in [6.45, 7) is 8.10. The lowest BCUT2D eigenvalue weighted by Gasteiger charge is -2.06. The van der Waals surface area contributed by atoms with Gasteiger partial charge in [0.15, 0.2) is 0 Å². The van der Waals surface area contributed by atoms with Crippen LogP contribution in [0.2, 0.25) is 0 Å². The lowest BCUT2D eigenvalue weighted by molar-refractivity contribution is -0.138. The van der Waals surface area contributed by atoms with E-state index in [1.54, 1.807) is 48.5 Å². The molecule has 0 bridgehead atoms. The van der Waals surface area contributed by atoms with Crippen molar-refractivity contribution in [1.82, 2.24) is 0 Å². The first kappa shape index (κ1) is 27.1. The number of benzene rings is 2. The number of rotatable bonds is 14. The molecule has 0 spiro atoms. The zero-order chi connectivity index (χ0) is 23.0. The van der Waals surface area contributed by atoms with Gasteiger partial charge in [-0.05, 0) is 48.5 Å². The Morgan fingerprint density at radius 1 is 0.667 bits per heavy atom. The molecule has 2 rings (SSSR count). The molecule has 0 amide bonds. The van der Waals surface area contributed by atoms with Crippen molar-refractivity contribution in [3.63, 3.8) is 0 Å². The number of carbonyl (C=O) groups excluding carboxylic acids is 2. The second kappa shape index (κ2) is 15.8. The molecule has 0 aliphatic rings. The molecule has 0 heterocycles. The summed E-state index contributed by atoms with van der Waals surface area (Å²) >= 11 is 0. The molecule has 0 fully saturated rings. The summed E-state index contributed by atoms with van der Waals surface area (Å²) < 4.78 is 20.9. The van der Waals surface area contributed by atoms with Crippen LogP contribution in [0, 0.1) is 0 Å². The van der Waals surface area contributed by atoms with Crippen LogP contribution in [0.15, 0.2) is 84.1 Å². The topological polar surface area (TPSA) is 95.8 Å². The van der Waals surface area contributed by atoms with Gasteiger partial charge < -0.3 is 18.9 Å². The van der Waals surface area contributed by atoms with E-state index < -0.39 is 11.9 Å². The van der Waals surface area contributed by atoms with Gasteiger partial charge in [0, 0.05) is 25.0 Å². The van der Waals surface area contributed by atoms with Crippen molar-refractivity contribution in [2.24, 2.45) is 10.2 Å². The summed E-state index contributed by atoms with van der Waals surface area (Å²) in [5.74, 6) is 0.510. The van der Waals surface area contributed by atoms with Crippen LogP contribution in [-0.4, -0.2) is 38.4 Å². The summed E-state index contributed by atoms with van der Waals surface area (Å²) in [6.07, 6.45) is 3.43. The van der Waals surface area contributed by atoms with Gasteiger partial charge in [-0.2, -0.15) is 10.2 Å². The third kappa shape index (κ3) is 11.3. The van der Waals surface area contributed by atoms with Gasteiger partial charge in [-0.15, -0.1) is 0 Å². The molecule has 0 saturated heterocycles. The van der Waals surface area contributed by atoms with Gasteiger partial charge in [0.2, 0.25) is 0 Å². The molecule has 0 aromatic heterocycles. The zero-order valence-corrected chi connectivity index (χ0v) is 17.8. The van der Waals surface area contributed by atoms with Crippen LogP contribution >= 0.6 is 0 Å². The summed E-state index contributed by atoms with van der Waals surface area (Å²) in [4.78, 5) is 21.9. The van der Waals surface area contributed by atoms with E-state index in [4.69, 9.17) is 18.9 Å². The average Bonchev–Trinajstić information content (AvgIpc) is 2.83. The average molecular weight is 455 g/mol. The van der Waals surface area contributed by atoms with E-state index in [-0.39, 0.29) is 20.6 Å². The Labute approximate surface area is 194 Å². The molecule has 0 atom stereocenters. The minimum absolute atomic E-state index is 0. The molecule has 8 nitrogen and oxygen atoms in total. The smallest absolute Gasteiger partial charge is 0.330 e. The molecule has 176 valence electrons. The van der Waals surface area contributed by atoms with Gasteiger partial charge >= 0.3 is 11.9 Å². The second-order valence-electron chi connectivity index (χ2n) is 6.34. The zero-order valence-electron chi connectivity index (χ0n) is 17.8. The number of esters is 2. The molecular weight excluding hydrogens is 424 g/mol. The highest BCUT2D eigenvalue weighted by Crippen LogP contribution is 2.23. The van der Waals surface area contributed by atoms with Crippen molar-refractivity contribution in [1.29, 1.82) is 0 Å². The third-order valence-corrected chi connectivity index (χ3v) is 3.89. The fourth-order valence-corrected chi connectivity index (χ4v) is 2.29. The van der Waals surface area contributed by atoms with E-state index in [0.717, 1.165) is 12.2 Å². The molecule has 0 N–H and O–H groups in total. The Kier molecular flexibility index (Phi) is 13.0. The minimum Gasteiger partial charge on any atom is -0.493 e. The predicted octanol–water partition coefficient (Wildman–Crippen LogP) is 5.73. The lowest BCUT2D eigenvalue weighted by atomic mass is 10.3. The van der Waals surface area contributed by atoms with Crippen molar-refractivity contribution < 1.29 is 28.5 Å². The highest BCUT2D eigenvalue weighted by Gasteiger charge is 1.99. The van der Waals surface area contributed by atoms with Crippen LogP contribution in [0.3, 0.4) is 0 Å². The maximum Gasteiger partial charge on any atom is 0.330 e. The Morgan fingerprint density at radius 3 is 1.36 bits per heavy atom. The Balaban J connectivity index is 0.00000544. The Morgan fingerprint density at radius 2 is 1.03 bits per heavy atom. The number of ether oxygens (including phenoxy) is 4. The monoisotopic (exact) mass is 454 g/mol. The number of azo groups is 1. The number of hydrogen-bond acceptors (Lipinski definition) is 8. The van der Waals surface area contributed by atoms with Crippen molar-refractivity contribution in [3.8, 4) is 11.5 Å². The van der Waals surface area contributed by atoms with Gasteiger partial charge in [-0.1, -0.05) is 20.6 Å². The van der Waals surface area contributed by atoms with Crippen molar-refractivity contribution in [2.45, 2.75) is 20.3 Å². The standard InChI is InChI=1S/C24H26N2O6.CH4/c1-3-23(27)31-17-5-15-29-21-11-7-19(8-12-21)25-26-20-9-13-22(14-10-20)30-16-6-18-32-24(28)4-2;/h3-4,7-14H,1-2,5-6,15-18H2;1H4. The molecule has 0 radical (unpaired) electrons. The molecule has 0 aliphatic carbocycles. The van der Waals surface area contributed by atoms with Crippen LogP contribution in [0.25, 0.3) is 0 Å². The van der Waals surface area contributed by atoms with E-state index in [0.29, 0.717) is 48.9 Å². The summed E-state index contributed by atoms with van der Waals surface area (Å²) in [7, 11) is 0. The first-order chi connectivity index (χ1) is 15.6. The number of hydrogen-bond donors (Lipinski definition) is 0. The number of nitrogens with zero attached hydrogens (tertiary/aromatic N) is 2. The molecular formula is C25H30N2O6. The Hall–Kier alpha value is -3.94. The van der Waals surface area contributed by atoms with Gasteiger partial charge in [0.05, 0.1) is 37.8 Å². The Bertz CT molecular complexity index is 832. The minimum atomic E-state index is -0.439. The first-order valence-electron chi connectivity index (χ1n) is 10.1. The van der Waals surface area contributed by atoms with Gasteiger partial charge in [0.25, 0.3) is 0 Å². The molecule has 0 saturated carbocycles. The van der Waals surface area contributed by atoms with Crippen molar-refractivity contribution in [3.05, 3.63) is 73.8 Å². The summed E-state index contributed by atoms with van der Waals surface area (Å²) in [5, 5.41) is 8.40. The first-order valence-corrected chi connectivity index (χ1v) is 10.1. The number of carbonyl (C=O) groups is 2. The van der Waals surface area contributed by atoms with E-state index in [1.807, 2.05) is 0 Å². The van der Waals surface area contributed by atoms with Crippen LogP contribution in [0.5, 0.6) is 11.5 Å². The predicted molar refractivity (Wildman–Crippen MR) is 126 cm³/mol. The van der Waals surface area contributed by atoms with E-state index in [2.05, 4.69) is 23.4 Å². The normalized spacial score (nSPS) is 10.1. The van der Waals surface area contributed by atoms with E-state index in [1.165, 1.54) is 0 Å². The third-order valence-electron chi connectivity index (χ3n) is 3.89. The highest BCUT2D eigenvalue weighted by molar-refractivity contribution is 5.81. The second-order valence-corrected chi connectivity index (χ2v) is 6.34. The highest BCUT2D eigenvalue weighted by atomic mass is 16.5. The lowest BCUT2D eigenvalue weighted by Crippen LogP contribution is -2.06. The quantitative estimate of drug-likeness (QED) is 0.156. The summed E-state index contributed by atoms with van der Waals surface area (Å²) in [6, 6.07) is 14.4. The molecule has 33 heavy (non-hydrogen) atoms. The van der Waals surface area contributed by atoms with Crippen LogP contribution in [0.4, 0.5) is 11.4 Å². The fraction of sp³-hybridized carbons (Fsp3) is 0.280. The van der Waals surface area contributed by atoms with Gasteiger partial charge in [0.1, 0.15) is 11.5 Å². The van der Waals surface area contributed by atoms with E-state index >= 15 is 0 Å². The maximum atomic E-state index is 10.9. The van der Waals surface area contributed by atoms with Crippen molar-refractivity contribution in [2.75, 3.05) is 26.4 Å². The van der Waals surface area contributed by atoms with Crippen LogP contribution in [0.1, 0.15) is 20.3 Å². The van der Waals surface area contributed by atoms with Crippen LogP contribution in [-0.2, 0) is 19.1 Å². The molecule has 2 aromatic carbocycles. The molecule has 2 aromatic rings. The SMILES string of the molecule is C.C=CC(=O)OCCCOc1ccc(N=Nc2ccc(OCCCOC(=O)C=C)cc2)cc1. The molecule has 0 unspecified atom stereocenters. The van der Waals surface area contributed by atoms with Crippen molar-refractivity contribution >= 4 is 23.3 Å². The van der Waals surface area contributed by atoms with Gasteiger partial charge in [-0.3, -0.25) is 0 Å². The maximum absolute atomic E-state index is 10.9. The molecule has 0 aliphatic heterocycles.